The Morgan fingerprint density at radius 1 is 1.04 bits per heavy atom. The van der Waals surface area contributed by atoms with Crippen LogP contribution in [0.1, 0.15) is 16.1 Å². The number of nitrogens with zero attached hydrogens (tertiary/aromatic N) is 2. The molecule has 28 heavy (non-hydrogen) atoms. The summed E-state index contributed by atoms with van der Waals surface area (Å²) in [6, 6.07) is 17.8. The summed E-state index contributed by atoms with van der Waals surface area (Å²) in [6.07, 6.45) is 2.13. The summed E-state index contributed by atoms with van der Waals surface area (Å²) >= 11 is 0. The third-order valence-electron chi connectivity index (χ3n) is 4.32. The van der Waals surface area contributed by atoms with Gasteiger partial charge in [-0.1, -0.05) is 18.2 Å². The molecule has 0 radical (unpaired) electrons. The lowest BCUT2D eigenvalue weighted by molar-refractivity contribution is 0.102. The van der Waals surface area contributed by atoms with Crippen LogP contribution in [0.4, 0.5) is 21.5 Å². The minimum atomic E-state index is -0.282. The van der Waals surface area contributed by atoms with Crippen molar-refractivity contribution in [1.82, 2.24) is 4.98 Å². The minimum absolute atomic E-state index is 0.209. The highest BCUT2D eigenvalue weighted by Crippen LogP contribution is 2.17. The molecule has 3 rings (SSSR count). The average Bonchev–Trinajstić information content (AvgIpc) is 2.70. The monoisotopic (exact) mass is 378 g/mol. The molecule has 0 spiro atoms. The molecule has 0 saturated heterocycles. The zero-order chi connectivity index (χ0) is 19.9. The van der Waals surface area contributed by atoms with Crippen LogP contribution < -0.4 is 15.5 Å². The number of benzene rings is 2. The molecule has 1 aromatic heterocycles. The summed E-state index contributed by atoms with van der Waals surface area (Å²) < 4.78 is 13.7. The van der Waals surface area contributed by atoms with Gasteiger partial charge in [0.2, 0.25) is 0 Å². The summed E-state index contributed by atoms with van der Waals surface area (Å²) in [5.74, 6) is -0.491. The van der Waals surface area contributed by atoms with E-state index in [-0.39, 0.29) is 11.7 Å². The van der Waals surface area contributed by atoms with Gasteiger partial charge in [0.1, 0.15) is 11.5 Å². The second-order valence-corrected chi connectivity index (χ2v) is 6.59. The SMILES string of the molecule is CN(C)c1ccc(NC(=O)c2cc(NCCc3ccccc3F)ccn2)cc1. The predicted molar refractivity (Wildman–Crippen MR) is 112 cm³/mol. The zero-order valence-corrected chi connectivity index (χ0v) is 15.9. The minimum Gasteiger partial charge on any atom is -0.385 e. The fourth-order valence-electron chi connectivity index (χ4n) is 2.75. The number of aromatic nitrogens is 1. The number of nitrogens with one attached hydrogen (secondary N) is 2. The van der Waals surface area contributed by atoms with Crippen molar-refractivity contribution in [2.75, 3.05) is 36.2 Å². The second-order valence-electron chi connectivity index (χ2n) is 6.59. The molecule has 1 amide bonds. The van der Waals surface area contributed by atoms with Crippen LogP contribution in [-0.2, 0) is 6.42 Å². The molecule has 0 aliphatic heterocycles. The largest absolute Gasteiger partial charge is 0.385 e. The van der Waals surface area contributed by atoms with Crippen molar-refractivity contribution >= 4 is 23.0 Å². The Bertz CT molecular complexity index is 941. The molecule has 144 valence electrons. The van der Waals surface area contributed by atoms with E-state index in [1.807, 2.05) is 49.3 Å². The molecule has 1 heterocycles. The highest BCUT2D eigenvalue weighted by Gasteiger charge is 2.09. The van der Waals surface area contributed by atoms with Gasteiger partial charge in [0.15, 0.2) is 0 Å². The van der Waals surface area contributed by atoms with Crippen molar-refractivity contribution < 1.29 is 9.18 Å². The van der Waals surface area contributed by atoms with Crippen LogP contribution in [0.15, 0.2) is 66.9 Å². The van der Waals surface area contributed by atoms with E-state index in [2.05, 4.69) is 15.6 Å². The van der Waals surface area contributed by atoms with E-state index in [0.717, 1.165) is 11.4 Å². The zero-order valence-electron chi connectivity index (χ0n) is 15.9. The number of carbonyl (C=O) groups is 1. The smallest absolute Gasteiger partial charge is 0.274 e. The predicted octanol–water partition coefficient (Wildman–Crippen LogP) is 4.19. The Kier molecular flexibility index (Phi) is 6.22. The van der Waals surface area contributed by atoms with Gasteiger partial charge in [0.05, 0.1) is 0 Å². The van der Waals surface area contributed by atoms with E-state index in [4.69, 9.17) is 0 Å². The molecule has 2 aromatic carbocycles. The number of carbonyl (C=O) groups excluding carboxylic acids is 1. The molecule has 0 aliphatic rings. The Labute approximate surface area is 164 Å². The van der Waals surface area contributed by atoms with E-state index in [9.17, 15) is 9.18 Å². The van der Waals surface area contributed by atoms with Gasteiger partial charge in [0.25, 0.3) is 5.91 Å². The number of pyridine rings is 1. The lowest BCUT2D eigenvalue weighted by atomic mass is 10.1. The van der Waals surface area contributed by atoms with Crippen LogP contribution in [0.5, 0.6) is 0 Å². The molecule has 0 atom stereocenters. The van der Waals surface area contributed by atoms with Gasteiger partial charge in [-0.15, -0.1) is 0 Å². The van der Waals surface area contributed by atoms with Gasteiger partial charge in [-0.3, -0.25) is 9.78 Å². The first kappa shape index (κ1) is 19.4. The third kappa shape index (κ3) is 5.07. The first-order valence-corrected chi connectivity index (χ1v) is 9.05. The third-order valence-corrected chi connectivity index (χ3v) is 4.32. The van der Waals surface area contributed by atoms with Crippen LogP contribution >= 0.6 is 0 Å². The molecule has 0 fully saturated rings. The van der Waals surface area contributed by atoms with Gasteiger partial charge in [-0.2, -0.15) is 0 Å². The van der Waals surface area contributed by atoms with Gasteiger partial charge < -0.3 is 15.5 Å². The average molecular weight is 378 g/mol. The van der Waals surface area contributed by atoms with Gasteiger partial charge in [-0.05, 0) is 54.4 Å². The van der Waals surface area contributed by atoms with Gasteiger partial charge in [-0.25, -0.2) is 4.39 Å². The molecule has 0 saturated carbocycles. The van der Waals surface area contributed by atoms with Crippen molar-refractivity contribution in [3.63, 3.8) is 0 Å². The summed E-state index contributed by atoms with van der Waals surface area (Å²) in [7, 11) is 3.92. The molecular formula is C22H23FN4O. The Balaban J connectivity index is 1.59. The number of anilines is 3. The first-order valence-electron chi connectivity index (χ1n) is 9.05. The van der Waals surface area contributed by atoms with Crippen molar-refractivity contribution in [2.24, 2.45) is 0 Å². The maximum atomic E-state index is 13.7. The molecule has 0 bridgehead atoms. The molecule has 6 heteroatoms. The number of hydrogen-bond acceptors (Lipinski definition) is 4. The molecule has 3 aromatic rings. The van der Waals surface area contributed by atoms with Crippen LogP contribution in [0.25, 0.3) is 0 Å². The van der Waals surface area contributed by atoms with Crippen LogP contribution in [-0.4, -0.2) is 31.5 Å². The Hall–Kier alpha value is -3.41. The van der Waals surface area contributed by atoms with E-state index in [0.29, 0.717) is 29.9 Å². The van der Waals surface area contributed by atoms with E-state index in [1.165, 1.54) is 6.07 Å². The van der Waals surface area contributed by atoms with Crippen molar-refractivity contribution in [3.8, 4) is 0 Å². The lowest BCUT2D eigenvalue weighted by Crippen LogP contribution is -2.15. The molecular weight excluding hydrogens is 355 g/mol. The van der Waals surface area contributed by atoms with Crippen molar-refractivity contribution in [3.05, 3.63) is 83.9 Å². The quantitative estimate of drug-likeness (QED) is 0.647. The fourth-order valence-corrected chi connectivity index (χ4v) is 2.75. The normalized spacial score (nSPS) is 10.4. The summed E-state index contributed by atoms with van der Waals surface area (Å²) in [6.45, 7) is 0.554. The number of hydrogen-bond donors (Lipinski definition) is 2. The van der Waals surface area contributed by atoms with Crippen LogP contribution in [0.3, 0.4) is 0 Å². The highest BCUT2D eigenvalue weighted by molar-refractivity contribution is 6.03. The van der Waals surface area contributed by atoms with Crippen molar-refractivity contribution in [2.45, 2.75) is 6.42 Å². The van der Waals surface area contributed by atoms with E-state index in [1.54, 1.807) is 30.5 Å². The standard InChI is InChI=1S/C22H23FN4O/c1-27(2)19-9-7-17(8-10-19)26-22(28)21-15-18(12-14-25-21)24-13-11-16-5-3-4-6-20(16)23/h3-10,12,14-15H,11,13H2,1-2H3,(H,24,25)(H,26,28). The summed E-state index contributed by atoms with van der Waals surface area (Å²) in [4.78, 5) is 18.6. The lowest BCUT2D eigenvalue weighted by Gasteiger charge is -2.13. The fraction of sp³-hybridized carbons (Fsp3) is 0.182. The highest BCUT2D eigenvalue weighted by atomic mass is 19.1. The van der Waals surface area contributed by atoms with Gasteiger partial charge >= 0.3 is 0 Å². The maximum Gasteiger partial charge on any atom is 0.274 e. The van der Waals surface area contributed by atoms with Crippen LogP contribution in [0, 0.1) is 5.82 Å². The number of amides is 1. The summed E-state index contributed by atoms with van der Waals surface area (Å²) in [5.41, 5.74) is 3.49. The van der Waals surface area contributed by atoms with E-state index < -0.39 is 0 Å². The molecule has 2 N–H and O–H groups in total. The van der Waals surface area contributed by atoms with Crippen LogP contribution in [0.2, 0.25) is 0 Å². The molecule has 0 unspecified atom stereocenters. The number of rotatable bonds is 7. The van der Waals surface area contributed by atoms with Gasteiger partial charge in [0, 0.05) is 43.9 Å². The topological polar surface area (TPSA) is 57.3 Å². The maximum absolute atomic E-state index is 13.7. The second kappa shape index (κ2) is 8.99. The Morgan fingerprint density at radius 3 is 2.50 bits per heavy atom. The first-order chi connectivity index (χ1) is 13.5. The van der Waals surface area contributed by atoms with E-state index >= 15 is 0 Å². The summed E-state index contributed by atoms with van der Waals surface area (Å²) in [5, 5.41) is 6.05. The molecule has 0 aliphatic carbocycles. The number of halogens is 1. The van der Waals surface area contributed by atoms with Crippen molar-refractivity contribution in [1.29, 1.82) is 0 Å². The Morgan fingerprint density at radius 2 is 1.79 bits per heavy atom. The molecule has 5 nitrogen and oxygen atoms in total.